The summed E-state index contributed by atoms with van der Waals surface area (Å²) in [7, 11) is 3.15. The first-order valence-electron chi connectivity index (χ1n) is 9.09. The van der Waals surface area contributed by atoms with Crippen molar-refractivity contribution < 1.29 is 28.2 Å². The van der Waals surface area contributed by atoms with Crippen LogP contribution in [-0.4, -0.2) is 46.4 Å². The van der Waals surface area contributed by atoms with Gasteiger partial charge in [-0.25, -0.2) is 4.79 Å². The van der Waals surface area contributed by atoms with Crippen LogP contribution in [0.4, 0.5) is 0 Å². The molecule has 29 heavy (non-hydrogen) atoms. The van der Waals surface area contributed by atoms with Crippen LogP contribution in [0.1, 0.15) is 15.9 Å². The van der Waals surface area contributed by atoms with Gasteiger partial charge in [-0.15, -0.1) is 0 Å². The summed E-state index contributed by atoms with van der Waals surface area (Å²) in [6.07, 6.45) is 0. The van der Waals surface area contributed by atoms with Crippen molar-refractivity contribution in [2.45, 2.75) is 0 Å². The average molecular weight is 398 g/mol. The fourth-order valence-electron chi connectivity index (χ4n) is 2.75. The summed E-state index contributed by atoms with van der Waals surface area (Å²) in [5.74, 6) is 0.481. The van der Waals surface area contributed by atoms with E-state index >= 15 is 0 Å². The van der Waals surface area contributed by atoms with Gasteiger partial charge in [-0.1, -0.05) is 30.3 Å². The van der Waals surface area contributed by atoms with Crippen molar-refractivity contribution in [3.63, 3.8) is 0 Å². The van der Waals surface area contributed by atoms with Crippen LogP contribution < -0.4 is 15.1 Å². The van der Waals surface area contributed by atoms with E-state index in [1.165, 1.54) is 6.07 Å². The van der Waals surface area contributed by atoms with Crippen molar-refractivity contribution in [2.24, 2.45) is 0 Å². The number of benzene rings is 2. The second-order valence-electron chi connectivity index (χ2n) is 6.16. The van der Waals surface area contributed by atoms with Gasteiger partial charge in [-0.2, -0.15) is 0 Å². The maximum atomic E-state index is 12.8. The molecule has 0 saturated heterocycles. The van der Waals surface area contributed by atoms with Gasteiger partial charge < -0.3 is 23.4 Å². The monoisotopic (exact) mass is 398 g/mol. The van der Waals surface area contributed by atoms with Gasteiger partial charge in [0.25, 0.3) is 0 Å². The zero-order chi connectivity index (χ0) is 20.6. The maximum absolute atomic E-state index is 12.8. The zero-order valence-electron chi connectivity index (χ0n) is 16.3. The van der Waals surface area contributed by atoms with Gasteiger partial charge in [0.15, 0.2) is 5.78 Å². The minimum absolute atomic E-state index is 0.0617. The molecule has 0 bridgehead atoms. The normalized spacial score (nSPS) is 10.8. The molecule has 1 aromatic heterocycles. The Kier molecular flexibility index (Phi) is 6.99. The van der Waals surface area contributed by atoms with Gasteiger partial charge in [-0.3, -0.25) is 4.79 Å². The summed E-state index contributed by atoms with van der Waals surface area (Å²) in [6, 6.07) is 13.3. The lowest BCUT2D eigenvalue weighted by molar-refractivity contribution is 0.103. The third-order valence-corrected chi connectivity index (χ3v) is 4.17. The van der Waals surface area contributed by atoms with Crippen molar-refractivity contribution in [3.05, 3.63) is 70.1 Å². The number of rotatable bonds is 10. The van der Waals surface area contributed by atoms with Crippen molar-refractivity contribution in [3.8, 4) is 11.5 Å². The molecule has 2 aromatic carbocycles. The summed E-state index contributed by atoms with van der Waals surface area (Å²) in [5, 5.41) is 0.499. The van der Waals surface area contributed by atoms with E-state index in [1.807, 2.05) is 0 Å². The van der Waals surface area contributed by atoms with Gasteiger partial charge in [0, 0.05) is 31.9 Å². The number of carbonyl (C=O) groups excluding carboxylic acids is 1. The van der Waals surface area contributed by atoms with E-state index in [0.717, 1.165) is 0 Å². The molecule has 0 unspecified atom stereocenters. The van der Waals surface area contributed by atoms with Crippen LogP contribution in [0.15, 0.2) is 57.7 Å². The Hall–Kier alpha value is -3.16. The second-order valence-corrected chi connectivity index (χ2v) is 6.16. The molecule has 7 heteroatoms. The predicted octanol–water partition coefficient (Wildman–Crippen LogP) is 3.07. The Morgan fingerprint density at radius 2 is 1.59 bits per heavy atom. The van der Waals surface area contributed by atoms with Crippen molar-refractivity contribution in [1.82, 2.24) is 0 Å². The number of carbonyl (C=O) groups is 1. The molecule has 0 fully saturated rings. The SMILES string of the molecule is COCCOc1cc(OCCOC)c2cc(C(=O)c3ccccc3)c(=O)oc2c1. The fraction of sp³-hybridized carbons (Fsp3) is 0.273. The molecule has 0 aliphatic carbocycles. The number of ether oxygens (including phenoxy) is 4. The van der Waals surface area contributed by atoms with E-state index in [4.69, 9.17) is 23.4 Å². The fourth-order valence-corrected chi connectivity index (χ4v) is 2.75. The predicted molar refractivity (Wildman–Crippen MR) is 107 cm³/mol. The Morgan fingerprint density at radius 1 is 0.897 bits per heavy atom. The molecule has 3 aromatic rings. The summed E-state index contributed by atoms with van der Waals surface area (Å²) >= 11 is 0. The molecule has 0 aliphatic rings. The van der Waals surface area contributed by atoms with E-state index in [9.17, 15) is 9.59 Å². The number of methoxy groups -OCH3 is 2. The molecular weight excluding hydrogens is 376 g/mol. The third kappa shape index (κ3) is 5.01. The third-order valence-electron chi connectivity index (χ3n) is 4.17. The molecular formula is C22H22O7. The highest BCUT2D eigenvalue weighted by molar-refractivity contribution is 6.10. The summed E-state index contributed by atoms with van der Waals surface area (Å²) < 4.78 is 26.8. The smallest absolute Gasteiger partial charge is 0.347 e. The molecule has 0 aliphatic heterocycles. The van der Waals surface area contributed by atoms with Crippen LogP contribution in [-0.2, 0) is 9.47 Å². The Labute approximate surface area is 167 Å². The van der Waals surface area contributed by atoms with Gasteiger partial charge in [0.05, 0.1) is 18.6 Å². The lowest BCUT2D eigenvalue weighted by Crippen LogP contribution is -2.15. The number of hydrogen-bond donors (Lipinski definition) is 0. The Morgan fingerprint density at radius 3 is 2.28 bits per heavy atom. The molecule has 152 valence electrons. The second kappa shape index (κ2) is 9.86. The molecule has 0 radical (unpaired) electrons. The first kappa shape index (κ1) is 20.6. The van der Waals surface area contributed by atoms with E-state index in [1.54, 1.807) is 56.7 Å². The first-order valence-corrected chi connectivity index (χ1v) is 9.09. The van der Waals surface area contributed by atoms with Crippen molar-refractivity contribution in [1.29, 1.82) is 0 Å². The molecule has 3 rings (SSSR count). The van der Waals surface area contributed by atoms with Gasteiger partial charge in [0.2, 0.25) is 0 Å². The lowest BCUT2D eigenvalue weighted by atomic mass is 10.0. The Balaban J connectivity index is 2.04. The van der Waals surface area contributed by atoms with E-state index < -0.39 is 11.4 Å². The van der Waals surface area contributed by atoms with Crippen molar-refractivity contribution >= 4 is 16.8 Å². The summed E-state index contributed by atoms with van der Waals surface area (Å²) in [5.41, 5.74) is -0.112. The van der Waals surface area contributed by atoms with E-state index in [2.05, 4.69) is 0 Å². The minimum Gasteiger partial charge on any atom is -0.491 e. The average Bonchev–Trinajstić information content (AvgIpc) is 2.74. The van der Waals surface area contributed by atoms with Crippen LogP contribution in [0.5, 0.6) is 11.5 Å². The number of hydrogen-bond acceptors (Lipinski definition) is 7. The number of ketones is 1. The topological polar surface area (TPSA) is 84.2 Å². The standard InChI is InChI=1S/C22H22O7/c1-25-8-10-27-16-12-19(28-11-9-26-2)17-14-18(22(24)29-20(17)13-16)21(23)15-6-4-3-5-7-15/h3-7,12-14H,8-11H2,1-2H3. The molecule has 7 nitrogen and oxygen atoms in total. The van der Waals surface area contributed by atoms with Crippen LogP contribution >= 0.6 is 0 Å². The molecule has 1 heterocycles. The highest BCUT2D eigenvalue weighted by Gasteiger charge is 2.18. The lowest BCUT2D eigenvalue weighted by Gasteiger charge is -2.12. The molecule has 0 atom stereocenters. The van der Waals surface area contributed by atoms with Gasteiger partial charge in [0.1, 0.15) is 35.9 Å². The van der Waals surface area contributed by atoms with Crippen LogP contribution in [0.25, 0.3) is 11.0 Å². The minimum atomic E-state index is -0.719. The number of fused-ring (bicyclic) bond motifs is 1. The van der Waals surface area contributed by atoms with Crippen LogP contribution in [0, 0.1) is 0 Å². The highest BCUT2D eigenvalue weighted by Crippen LogP contribution is 2.31. The molecule has 0 spiro atoms. The van der Waals surface area contributed by atoms with Gasteiger partial charge in [-0.05, 0) is 6.07 Å². The van der Waals surface area contributed by atoms with Crippen molar-refractivity contribution in [2.75, 3.05) is 40.6 Å². The zero-order valence-corrected chi connectivity index (χ0v) is 16.3. The highest BCUT2D eigenvalue weighted by atomic mass is 16.5. The molecule has 0 amide bonds. The van der Waals surface area contributed by atoms with Crippen LogP contribution in [0.2, 0.25) is 0 Å². The van der Waals surface area contributed by atoms with Crippen LogP contribution in [0.3, 0.4) is 0 Å². The maximum Gasteiger partial charge on any atom is 0.347 e. The van der Waals surface area contributed by atoms with Gasteiger partial charge >= 0.3 is 5.63 Å². The largest absolute Gasteiger partial charge is 0.491 e. The quantitative estimate of drug-likeness (QED) is 0.295. The van der Waals surface area contributed by atoms with E-state index in [-0.39, 0.29) is 17.8 Å². The summed E-state index contributed by atoms with van der Waals surface area (Å²) in [4.78, 5) is 25.2. The summed E-state index contributed by atoms with van der Waals surface area (Å²) in [6.45, 7) is 1.40. The first-order chi connectivity index (χ1) is 14.1. The molecule has 0 N–H and O–H groups in total. The Bertz CT molecular complexity index is 1020. The molecule has 0 saturated carbocycles. The van der Waals surface area contributed by atoms with E-state index in [0.29, 0.717) is 42.3 Å².